The lowest BCUT2D eigenvalue weighted by atomic mass is 10.0. The van der Waals surface area contributed by atoms with Crippen LogP contribution in [0.3, 0.4) is 0 Å². The van der Waals surface area contributed by atoms with E-state index < -0.39 is 88.7 Å². The second kappa shape index (κ2) is 19.4. The van der Waals surface area contributed by atoms with Crippen molar-refractivity contribution < 1.29 is 52.7 Å². The van der Waals surface area contributed by atoms with Crippen molar-refractivity contribution in [1.82, 2.24) is 26.6 Å². The van der Waals surface area contributed by atoms with Gasteiger partial charge in [-0.2, -0.15) is 4.58 Å². The topological polar surface area (TPSA) is 270 Å². The number of carbonyl (C=O) groups is 6. The number of nitro groups is 2. The molecule has 5 N–H and O–H groups in total. The highest BCUT2D eigenvalue weighted by atomic mass is 16.6. The Morgan fingerprint density at radius 1 is 0.648 bits per heavy atom. The Kier molecular flexibility index (Phi) is 15.7. The summed E-state index contributed by atoms with van der Waals surface area (Å²) in [5.74, 6) is -3.05. The number of nitrogens with one attached hydrogen (secondary N) is 5. The molecule has 0 radical (unpaired) electrons. The van der Waals surface area contributed by atoms with Crippen molar-refractivity contribution in [3.05, 3.63) is 79.9 Å². The molecular formula is C34H45N8O12+. The molecular weight excluding hydrogens is 712 g/mol. The molecule has 0 aliphatic carbocycles. The van der Waals surface area contributed by atoms with Crippen LogP contribution in [-0.2, 0) is 41.5 Å². The molecule has 2 aromatic rings. The van der Waals surface area contributed by atoms with Crippen molar-refractivity contribution in [2.24, 2.45) is 0 Å². The van der Waals surface area contributed by atoms with Crippen molar-refractivity contribution in [2.45, 2.75) is 77.7 Å². The minimum atomic E-state index is -1.25. The molecule has 2 atom stereocenters. The summed E-state index contributed by atoms with van der Waals surface area (Å²) in [5.41, 5.74) is -1.17. The van der Waals surface area contributed by atoms with Crippen LogP contribution < -0.4 is 26.6 Å². The van der Waals surface area contributed by atoms with Gasteiger partial charge in [0, 0.05) is 37.1 Å². The van der Waals surface area contributed by atoms with Crippen molar-refractivity contribution >= 4 is 53.9 Å². The van der Waals surface area contributed by atoms with Crippen LogP contribution in [0.2, 0.25) is 0 Å². The fourth-order valence-electron chi connectivity index (χ4n) is 4.32. The Bertz CT molecular complexity index is 1730. The summed E-state index contributed by atoms with van der Waals surface area (Å²) in [6.07, 6.45) is -2.03. The van der Waals surface area contributed by atoms with Crippen LogP contribution >= 0.6 is 0 Å². The van der Waals surface area contributed by atoms with Crippen molar-refractivity contribution in [3.8, 4) is 0 Å². The van der Waals surface area contributed by atoms with Gasteiger partial charge in [-0.15, -0.1) is 0 Å². The molecule has 0 saturated carbocycles. The summed E-state index contributed by atoms with van der Waals surface area (Å²) in [4.78, 5) is 97.0. The SMILES string of the molecule is C=[N+](CNC(=O)CNC(=O)[C@H](Cc1ccc([N+](=O)[O-])cc1)NC(=O)OC(C)(C)C)C(=O)CNC(=O)[C@@H](Cc1ccc([N+](=O)[O-])cc1)NC(=O)OC(C)(C)C. The maximum Gasteiger partial charge on any atom is 0.408 e. The highest BCUT2D eigenvalue weighted by molar-refractivity contribution is 5.90. The Balaban J connectivity index is 1.96. The lowest BCUT2D eigenvalue weighted by Gasteiger charge is -2.23. The van der Waals surface area contributed by atoms with Gasteiger partial charge >= 0.3 is 18.1 Å². The van der Waals surface area contributed by atoms with E-state index in [0.717, 1.165) is 4.58 Å². The van der Waals surface area contributed by atoms with Gasteiger partial charge in [0.25, 0.3) is 11.4 Å². The van der Waals surface area contributed by atoms with Gasteiger partial charge in [0.15, 0.2) is 0 Å². The van der Waals surface area contributed by atoms with Gasteiger partial charge in [0.1, 0.15) is 36.5 Å². The Morgan fingerprint density at radius 3 is 1.37 bits per heavy atom. The summed E-state index contributed by atoms with van der Waals surface area (Å²) >= 11 is 0. The number of benzene rings is 2. The third-order valence-electron chi connectivity index (χ3n) is 6.85. The first kappa shape index (κ1) is 43.7. The van der Waals surface area contributed by atoms with E-state index in [2.05, 4.69) is 33.3 Å². The molecule has 20 heteroatoms. The standard InChI is InChI=1S/C34H44N8O12/c1-33(2,3)53-31(47)38-25(16-21-8-12-23(13-9-21)41(49)50)29(45)35-18-27(43)37-20-40(7)28(44)19-36-30(46)26(39-32(48)54-34(4,5)6)17-22-10-14-24(15-11-22)42(51)52/h8-15,25-26H,7,16-20H2,1-6H3,(H4-,35,36,37,38,39,43,45,46,47,48)/p+1/t25-,26+/m0/s1. The zero-order valence-corrected chi connectivity index (χ0v) is 30.8. The smallest absolute Gasteiger partial charge is 0.408 e. The molecule has 0 heterocycles. The second-order valence-corrected chi connectivity index (χ2v) is 13.8. The van der Waals surface area contributed by atoms with E-state index in [4.69, 9.17) is 9.47 Å². The first-order chi connectivity index (χ1) is 25.0. The van der Waals surface area contributed by atoms with Gasteiger partial charge in [-0.05, 0) is 52.7 Å². The van der Waals surface area contributed by atoms with Crippen molar-refractivity contribution in [3.63, 3.8) is 0 Å². The maximum atomic E-state index is 13.1. The highest BCUT2D eigenvalue weighted by Gasteiger charge is 2.28. The van der Waals surface area contributed by atoms with E-state index in [-0.39, 0.29) is 24.2 Å². The van der Waals surface area contributed by atoms with Gasteiger partial charge in [-0.1, -0.05) is 24.3 Å². The number of carbonyl (C=O) groups excluding carboxylic acids is 6. The van der Waals surface area contributed by atoms with Crippen LogP contribution in [0.4, 0.5) is 21.0 Å². The monoisotopic (exact) mass is 757 g/mol. The Labute approximate surface area is 310 Å². The molecule has 0 aromatic heterocycles. The number of hydrogen-bond acceptors (Lipinski definition) is 12. The molecule has 0 saturated heterocycles. The number of ether oxygens (including phenoxy) is 2. The molecule has 0 fully saturated rings. The summed E-state index contributed by atoms with van der Waals surface area (Å²) in [6, 6.07) is 8.14. The van der Waals surface area contributed by atoms with Gasteiger partial charge < -0.3 is 30.7 Å². The van der Waals surface area contributed by atoms with Crippen LogP contribution in [0, 0.1) is 20.2 Å². The fraction of sp³-hybridized carbons (Fsp3) is 0.441. The molecule has 0 bridgehead atoms. The van der Waals surface area contributed by atoms with Gasteiger partial charge in [0.05, 0.1) is 16.4 Å². The van der Waals surface area contributed by atoms with Gasteiger partial charge in [-0.25, -0.2) is 14.4 Å². The third-order valence-corrected chi connectivity index (χ3v) is 6.85. The first-order valence-corrected chi connectivity index (χ1v) is 16.4. The molecule has 0 unspecified atom stereocenters. The quantitative estimate of drug-likeness (QED) is 0.0538. The number of nitro benzene ring substituents is 2. The fourth-order valence-corrected chi connectivity index (χ4v) is 4.32. The lowest BCUT2D eigenvalue weighted by molar-refractivity contribution is -0.443. The molecule has 0 spiro atoms. The van der Waals surface area contributed by atoms with Crippen molar-refractivity contribution in [1.29, 1.82) is 0 Å². The Hall–Kier alpha value is -6.47. The molecule has 6 amide bonds. The van der Waals surface area contributed by atoms with E-state index in [1.165, 1.54) is 48.5 Å². The maximum absolute atomic E-state index is 13.1. The van der Waals surface area contributed by atoms with Crippen LogP contribution in [-0.4, -0.2) is 100.0 Å². The predicted molar refractivity (Wildman–Crippen MR) is 191 cm³/mol. The molecule has 2 rings (SSSR count). The third kappa shape index (κ3) is 16.3. The predicted octanol–water partition coefficient (Wildman–Crippen LogP) is 1.62. The summed E-state index contributed by atoms with van der Waals surface area (Å²) in [6.45, 7) is 11.7. The van der Waals surface area contributed by atoms with E-state index in [1.807, 2.05) is 0 Å². The summed E-state index contributed by atoms with van der Waals surface area (Å²) in [5, 5.41) is 34.0. The van der Waals surface area contributed by atoms with Crippen LogP contribution in [0.5, 0.6) is 0 Å². The first-order valence-electron chi connectivity index (χ1n) is 16.4. The normalized spacial score (nSPS) is 12.2. The lowest BCUT2D eigenvalue weighted by Crippen LogP contribution is -2.52. The minimum absolute atomic E-state index is 0.0976. The number of hydrogen-bond donors (Lipinski definition) is 5. The largest absolute Gasteiger partial charge is 0.444 e. The Morgan fingerprint density at radius 2 is 1.02 bits per heavy atom. The summed E-state index contributed by atoms with van der Waals surface area (Å²) in [7, 11) is 0. The molecule has 2 aromatic carbocycles. The van der Waals surface area contributed by atoms with Crippen LogP contribution in [0.25, 0.3) is 0 Å². The highest BCUT2D eigenvalue weighted by Crippen LogP contribution is 2.16. The summed E-state index contributed by atoms with van der Waals surface area (Å²) < 4.78 is 11.3. The van der Waals surface area contributed by atoms with Crippen LogP contribution in [0.15, 0.2) is 48.5 Å². The minimum Gasteiger partial charge on any atom is -0.444 e. The number of amides is 6. The average molecular weight is 758 g/mol. The molecule has 292 valence electrons. The van der Waals surface area contributed by atoms with Gasteiger partial charge in [0.2, 0.25) is 24.4 Å². The number of alkyl carbamates (subject to hydrolysis) is 2. The number of rotatable bonds is 16. The van der Waals surface area contributed by atoms with E-state index in [1.54, 1.807) is 41.5 Å². The van der Waals surface area contributed by atoms with Crippen LogP contribution in [0.1, 0.15) is 52.7 Å². The van der Waals surface area contributed by atoms with E-state index in [9.17, 15) is 49.0 Å². The molecule has 54 heavy (non-hydrogen) atoms. The zero-order chi connectivity index (χ0) is 40.8. The van der Waals surface area contributed by atoms with E-state index in [0.29, 0.717) is 11.1 Å². The zero-order valence-electron chi connectivity index (χ0n) is 30.8. The molecule has 20 nitrogen and oxygen atoms in total. The molecule has 0 aliphatic rings. The second-order valence-electron chi connectivity index (χ2n) is 13.8. The van der Waals surface area contributed by atoms with Crippen molar-refractivity contribution in [2.75, 3.05) is 19.8 Å². The number of nitrogens with zero attached hydrogens (tertiary/aromatic N) is 3. The van der Waals surface area contributed by atoms with Gasteiger partial charge in [-0.3, -0.25) is 39.9 Å². The molecule has 0 aliphatic heterocycles. The number of non-ortho nitro benzene ring substituents is 2. The average Bonchev–Trinajstić information content (AvgIpc) is 3.06. The van der Waals surface area contributed by atoms with E-state index >= 15 is 0 Å².